The van der Waals surface area contributed by atoms with Gasteiger partial charge in [-0.1, -0.05) is 12.1 Å². The summed E-state index contributed by atoms with van der Waals surface area (Å²) in [5.74, 6) is 0.601. The second-order valence-corrected chi connectivity index (χ2v) is 6.15. The van der Waals surface area contributed by atoms with Crippen molar-refractivity contribution in [3.63, 3.8) is 0 Å². The lowest BCUT2D eigenvalue weighted by atomic mass is 9.97. The number of rotatable bonds is 3. The maximum absolute atomic E-state index is 12.7. The third-order valence-corrected chi connectivity index (χ3v) is 4.41. The highest BCUT2D eigenvalue weighted by Gasteiger charge is 2.30. The minimum atomic E-state index is -0.368. The first kappa shape index (κ1) is 16.3. The number of hydrogen-bond acceptors (Lipinski definition) is 4. The number of para-hydroxylation sites is 2. The van der Waals surface area contributed by atoms with Gasteiger partial charge >= 0.3 is 6.09 Å². The number of fused-ring (bicyclic) bond motifs is 1. The Hall–Kier alpha value is -2.57. The van der Waals surface area contributed by atoms with Gasteiger partial charge in [0, 0.05) is 20.1 Å². The molecule has 2 amide bonds. The van der Waals surface area contributed by atoms with E-state index in [0.717, 1.165) is 29.7 Å². The minimum Gasteiger partial charge on any atom is -0.453 e. The minimum absolute atomic E-state index is 0.0315. The molecule has 128 valence electrons. The number of piperidine rings is 1. The zero-order chi connectivity index (χ0) is 17.1. The van der Waals surface area contributed by atoms with Crippen molar-refractivity contribution in [1.29, 1.82) is 0 Å². The molecule has 7 nitrogen and oxygen atoms in total. The molecular formula is C17H22N4O3. The van der Waals surface area contributed by atoms with Crippen LogP contribution < -0.4 is 0 Å². The average Bonchev–Trinajstić information content (AvgIpc) is 3.02. The monoisotopic (exact) mass is 330 g/mol. The Morgan fingerprint density at radius 1 is 1.42 bits per heavy atom. The molecule has 0 aliphatic carbocycles. The van der Waals surface area contributed by atoms with Crippen molar-refractivity contribution in [3.8, 4) is 0 Å². The molecule has 2 aromatic rings. The molecule has 1 aliphatic rings. The number of carbonyl (C=O) groups is 2. The van der Waals surface area contributed by atoms with Crippen molar-refractivity contribution in [2.75, 3.05) is 27.2 Å². The molecule has 0 unspecified atom stereocenters. The van der Waals surface area contributed by atoms with E-state index in [1.807, 2.05) is 24.3 Å². The van der Waals surface area contributed by atoms with Gasteiger partial charge in [-0.2, -0.15) is 0 Å². The average molecular weight is 330 g/mol. The van der Waals surface area contributed by atoms with E-state index in [1.165, 1.54) is 7.11 Å². The molecular weight excluding hydrogens is 308 g/mol. The number of ether oxygens (including phenoxy) is 1. The van der Waals surface area contributed by atoms with Gasteiger partial charge in [0.05, 0.1) is 30.6 Å². The SMILES string of the molecule is COC(=O)N1CCC[C@H](C(=O)N(C)Cc2nc3ccccc3[nH]2)C1. The Balaban J connectivity index is 1.64. The van der Waals surface area contributed by atoms with E-state index < -0.39 is 0 Å². The second kappa shape index (κ2) is 6.90. The van der Waals surface area contributed by atoms with Crippen LogP contribution in [0, 0.1) is 5.92 Å². The molecule has 2 heterocycles. The fraction of sp³-hybridized carbons (Fsp3) is 0.471. The molecule has 1 atom stereocenters. The quantitative estimate of drug-likeness (QED) is 0.933. The molecule has 1 fully saturated rings. The lowest BCUT2D eigenvalue weighted by Gasteiger charge is -2.32. The van der Waals surface area contributed by atoms with Crippen LogP contribution in [0.2, 0.25) is 0 Å². The van der Waals surface area contributed by atoms with Gasteiger partial charge < -0.3 is 19.5 Å². The fourth-order valence-corrected chi connectivity index (χ4v) is 3.17. The summed E-state index contributed by atoms with van der Waals surface area (Å²) < 4.78 is 4.75. The maximum Gasteiger partial charge on any atom is 0.409 e. The standard InChI is InChI=1S/C17H22N4O3/c1-20(11-15-18-13-7-3-4-8-14(13)19-15)16(22)12-6-5-9-21(10-12)17(23)24-2/h3-4,7-8,12H,5-6,9-11H2,1-2H3,(H,18,19)/t12-/m0/s1. The normalized spacial score (nSPS) is 17.8. The molecule has 1 saturated heterocycles. The molecule has 0 radical (unpaired) electrons. The van der Waals surface area contributed by atoms with Gasteiger partial charge in [-0.25, -0.2) is 9.78 Å². The molecule has 1 aliphatic heterocycles. The Kier molecular flexibility index (Phi) is 4.69. The van der Waals surface area contributed by atoms with Gasteiger partial charge in [-0.3, -0.25) is 4.79 Å². The summed E-state index contributed by atoms with van der Waals surface area (Å²) in [6, 6.07) is 7.78. The van der Waals surface area contributed by atoms with Crippen LogP contribution in [0.5, 0.6) is 0 Å². The third kappa shape index (κ3) is 3.34. The van der Waals surface area contributed by atoms with Crippen molar-refractivity contribution in [1.82, 2.24) is 19.8 Å². The summed E-state index contributed by atoms with van der Waals surface area (Å²) in [5.41, 5.74) is 1.85. The number of nitrogens with one attached hydrogen (secondary N) is 1. The first-order valence-corrected chi connectivity index (χ1v) is 8.10. The number of aromatic nitrogens is 2. The highest BCUT2D eigenvalue weighted by molar-refractivity contribution is 5.80. The summed E-state index contributed by atoms with van der Waals surface area (Å²) in [4.78, 5) is 35.3. The van der Waals surface area contributed by atoms with Crippen LogP contribution in [-0.2, 0) is 16.1 Å². The summed E-state index contributed by atoms with van der Waals surface area (Å²) >= 11 is 0. The van der Waals surface area contributed by atoms with Crippen LogP contribution in [0.25, 0.3) is 11.0 Å². The first-order chi connectivity index (χ1) is 11.6. The maximum atomic E-state index is 12.7. The fourth-order valence-electron chi connectivity index (χ4n) is 3.17. The topological polar surface area (TPSA) is 78.5 Å². The number of H-pyrrole nitrogens is 1. The molecule has 7 heteroatoms. The Morgan fingerprint density at radius 2 is 2.21 bits per heavy atom. The number of methoxy groups -OCH3 is 1. The number of aromatic amines is 1. The summed E-state index contributed by atoms with van der Waals surface area (Å²) in [7, 11) is 3.13. The van der Waals surface area contributed by atoms with E-state index in [4.69, 9.17) is 4.74 Å². The number of imidazole rings is 1. The Morgan fingerprint density at radius 3 is 2.96 bits per heavy atom. The third-order valence-electron chi connectivity index (χ3n) is 4.41. The van der Waals surface area contributed by atoms with Crippen molar-refractivity contribution < 1.29 is 14.3 Å². The summed E-state index contributed by atoms with van der Waals surface area (Å²) in [6.45, 7) is 1.47. The number of amides is 2. The molecule has 3 rings (SSSR count). The highest BCUT2D eigenvalue weighted by Crippen LogP contribution is 2.20. The second-order valence-electron chi connectivity index (χ2n) is 6.15. The largest absolute Gasteiger partial charge is 0.453 e. The highest BCUT2D eigenvalue weighted by atomic mass is 16.5. The Bertz CT molecular complexity index is 709. The van der Waals surface area contributed by atoms with E-state index in [1.54, 1.807) is 16.8 Å². The predicted molar refractivity (Wildman–Crippen MR) is 89.3 cm³/mol. The Labute approximate surface area is 140 Å². The molecule has 0 saturated carbocycles. The van der Waals surface area contributed by atoms with E-state index in [0.29, 0.717) is 19.6 Å². The lowest BCUT2D eigenvalue weighted by molar-refractivity contribution is -0.136. The van der Waals surface area contributed by atoms with Crippen LogP contribution in [0.4, 0.5) is 4.79 Å². The van der Waals surface area contributed by atoms with Crippen molar-refractivity contribution >= 4 is 23.0 Å². The number of nitrogens with zero attached hydrogens (tertiary/aromatic N) is 3. The van der Waals surface area contributed by atoms with Crippen molar-refractivity contribution in [2.24, 2.45) is 5.92 Å². The summed E-state index contributed by atoms with van der Waals surface area (Å²) in [5, 5.41) is 0. The molecule has 1 aromatic heterocycles. The van der Waals surface area contributed by atoms with Gasteiger partial charge in [-0.05, 0) is 25.0 Å². The smallest absolute Gasteiger partial charge is 0.409 e. The zero-order valence-corrected chi connectivity index (χ0v) is 14.0. The van der Waals surface area contributed by atoms with Gasteiger partial charge in [-0.15, -0.1) is 0 Å². The van der Waals surface area contributed by atoms with Gasteiger partial charge in [0.1, 0.15) is 5.82 Å². The van der Waals surface area contributed by atoms with E-state index in [-0.39, 0.29) is 17.9 Å². The van der Waals surface area contributed by atoms with Crippen LogP contribution in [0.1, 0.15) is 18.7 Å². The van der Waals surface area contributed by atoms with Crippen LogP contribution in [0.15, 0.2) is 24.3 Å². The van der Waals surface area contributed by atoms with Crippen molar-refractivity contribution in [2.45, 2.75) is 19.4 Å². The van der Waals surface area contributed by atoms with Gasteiger partial charge in [0.25, 0.3) is 0 Å². The molecule has 24 heavy (non-hydrogen) atoms. The van der Waals surface area contributed by atoms with Crippen LogP contribution >= 0.6 is 0 Å². The van der Waals surface area contributed by atoms with Crippen molar-refractivity contribution in [3.05, 3.63) is 30.1 Å². The van der Waals surface area contributed by atoms with Gasteiger partial charge in [0.15, 0.2) is 0 Å². The number of hydrogen-bond donors (Lipinski definition) is 1. The van der Waals surface area contributed by atoms with E-state index in [9.17, 15) is 9.59 Å². The molecule has 0 spiro atoms. The van der Waals surface area contributed by atoms with Gasteiger partial charge in [0.2, 0.25) is 5.91 Å². The first-order valence-electron chi connectivity index (χ1n) is 8.10. The van der Waals surface area contributed by atoms with E-state index in [2.05, 4.69) is 9.97 Å². The number of likely N-dealkylation sites (tertiary alicyclic amines) is 1. The lowest BCUT2D eigenvalue weighted by Crippen LogP contribution is -2.45. The molecule has 1 N–H and O–H groups in total. The number of carbonyl (C=O) groups excluding carboxylic acids is 2. The predicted octanol–water partition coefficient (Wildman–Crippen LogP) is 2.00. The van der Waals surface area contributed by atoms with Crippen LogP contribution in [-0.4, -0.2) is 59.0 Å². The van der Waals surface area contributed by atoms with E-state index >= 15 is 0 Å². The summed E-state index contributed by atoms with van der Waals surface area (Å²) in [6.07, 6.45) is 1.23. The molecule has 0 bridgehead atoms. The van der Waals surface area contributed by atoms with Crippen LogP contribution in [0.3, 0.4) is 0 Å². The molecule has 1 aromatic carbocycles. The number of benzene rings is 1. The zero-order valence-electron chi connectivity index (χ0n) is 14.0.